The van der Waals surface area contributed by atoms with Crippen molar-refractivity contribution in [2.24, 2.45) is 0 Å². The number of benzene rings is 1. The van der Waals surface area contributed by atoms with E-state index in [4.69, 9.17) is 3.32 Å². The van der Waals surface area contributed by atoms with Gasteiger partial charge in [-0.25, -0.2) is 0 Å². The fraction of sp³-hybridized carbons (Fsp3) is 0.250. The minimum Gasteiger partial charge on any atom is -0.147 e. The molecule has 0 atom stereocenters. The predicted molar refractivity (Wildman–Crippen MR) is 52.1 cm³/mol. The van der Waals surface area contributed by atoms with E-state index in [-0.39, 0.29) is 24.8 Å². The first-order valence-corrected chi connectivity index (χ1v) is 4.56. The summed E-state index contributed by atoms with van der Waals surface area (Å²) in [5.41, 5.74) is 2.22. The third-order valence-electron chi connectivity index (χ3n) is 1.35. The van der Waals surface area contributed by atoms with E-state index < -0.39 is 20.1 Å². The summed E-state index contributed by atoms with van der Waals surface area (Å²) < 4.78 is 16.7. The number of rotatable bonds is 2. The van der Waals surface area contributed by atoms with Gasteiger partial charge in [-0.15, -0.1) is 24.8 Å². The Hall–Kier alpha value is 0.244. The van der Waals surface area contributed by atoms with Crippen LogP contribution in [0.5, 0.6) is 5.75 Å². The van der Waals surface area contributed by atoms with E-state index in [9.17, 15) is 3.09 Å². The van der Waals surface area contributed by atoms with Crippen LogP contribution in [-0.2, 0) is 20.1 Å². The molecule has 0 saturated heterocycles. The van der Waals surface area contributed by atoms with Gasteiger partial charge in [0.05, 0.1) is 0 Å². The maximum absolute atomic E-state index is 11.8. The third kappa shape index (κ3) is 5.53. The molecule has 0 aliphatic rings. The summed E-state index contributed by atoms with van der Waals surface area (Å²) in [6.07, 6.45) is 0. The average Bonchev–Trinajstić information content (AvgIpc) is 1.85. The summed E-state index contributed by atoms with van der Waals surface area (Å²) in [6, 6.07) is 5.72. The van der Waals surface area contributed by atoms with Crippen molar-refractivity contribution in [3.63, 3.8) is 0 Å². The monoisotopic (exact) mass is 260 g/mol. The Kier molecular flexibility index (Phi) is 9.22. The van der Waals surface area contributed by atoms with Crippen LogP contribution in [0.4, 0.5) is 3.09 Å². The molecule has 0 N–H and O–H groups in total. The second kappa shape index (κ2) is 7.63. The predicted octanol–water partition coefficient (Wildman–Crippen LogP) is 3.41. The van der Waals surface area contributed by atoms with Crippen molar-refractivity contribution < 1.29 is 26.5 Å². The molecule has 0 unspecified atom stereocenters. The molecule has 5 heteroatoms. The third-order valence-corrected chi connectivity index (χ3v) is 1.84. The van der Waals surface area contributed by atoms with Crippen LogP contribution >= 0.6 is 24.8 Å². The van der Waals surface area contributed by atoms with Crippen LogP contribution in [0.3, 0.4) is 0 Å². The Balaban J connectivity index is 0. The van der Waals surface area contributed by atoms with Gasteiger partial charge in [-0.3, -0.25) is 0 Å². The molecule has 1 aromatic carbocycles. The van der Waals surface area contributed by atoms with Crippen molar-refractivity contribution in [2.75, 3.05) is 0 Å². The molecular formula is C8H11Cl2FOTi. The number of hydrogen-bond donors (Lipinski definition) is 0. The SMILES string of the molecule is Cc1cc(C)cc([O][Ti][F])c1.Cl.Cl. The molecule has 0 saturated carbocycles. The Morgan fingerprint density at radius 2 is 1.54 bits per heavy atom. The molecule has 13 heavy (non-hydrogen) atoms. The summed E-state index contributed by atoms with van der Waals surface area (Å²) in [5, 5.41) is 0. The van der Waals surface area contributed by atoms with Gasteiger partial charge in [-0.2, -0.15) is 0 Å². The summed E-state index contributed by atoms with van der Waals surface area (Å²) in [5.74, 6) is 0.657. The normalized spacial score (nSPS) is 7.92. The van der Waals surface area contributed by atoms with E-state index in [1.54, 1.807) is 0 Å². The van der Waals surface area contributed by atoms with Gasteiger partial charge in [0.25, 0.3) is 0 Å². The minimum absolute atomic E-state index is 0. The van der Waals surface area contributed by atoms with Crippen LogP contribution in [0.25, 0.3) is 0 Å². The zero-order valence-corrected chi connectivity index (χ0v) is 10.5. The van der Waals surface area contributed by atoms with Gasteiger partial charge >= 0.3 is 75.4 Å². The van der Waals surface area contributed by atoms with Crippen LogP contribution in [0.2, 0.25) is 0 Å². The molecule has 1 aromatic rings. The van der Waals surface area contributed by atoms with E-state index >= 15 is 0 Å². The first-order valence-electron chi connectivity index (χ1n) is 3.33. The van der Waals surface area contributed by atoms with E-state index in [2.05, 4.69) is 0 Å². The molecule has 0 amide bonds. The molecule has 1 nitrogen and oxygen atoms in total. The van der Waals surface area contributed by atoms with Gasteiger partial charge in [0.2, 0.25) is 0 Å². The average molecular weight is 261 g/mol. The van der Waals surface area contributed by atoms with Gasteiger partial charge in [-0.1, -0.05) is 0 Å². The fourth-order valence-electron chi connectivity index (χ4n) is 1.04. The van der Waals surface area contributed by atoms with Crippen molar-refractivity contribution in [2.45, 2.75) is 13.8 Å². The Morgan fingerprint density at radius 3 is 1.92 bits per heavy atom. The fourth-order valence-corrected chi connectivity index (χ4v) is 1.36. The molecule has 1 rings (SSSR count). The van der Waals surface area contributed by atoms with Gasteiger partial charge in [0.1, 0.15) is 0 Å². The van der Waals surface area contributed by atoms with Crippen molar-refractivity contribution in [3.05, 3.63) is 29.3 Å². The maximum Gasteiger partial charge on any atom is -0.147 e. The first kappa shape index (κ1) is 15.7. The maximum atomic E-state index is 11.8. The van der Waals surface area contributed by atoms with Gasteiger partial charge < -0.3 is 0 Å². The number of halogens is 3. The van der Waals surface area contributed by atoms with Gasteiger partial charge in [0.15, 0.2) is 0 Å². The molecule has 0 bridgehead atoms. The number of hydrogen-bond acceptors (Lipinski definition) is 1. The molecule has 0 aromatic heterocycles. The number of aryl methyl sites for hydroxylation is 2. The zero-order chi connectivity index (χ0) is 8.27. The summed E-state index contributed by atoms with van der Waals surface area (Å²) in [4.78, 5) is 0. The van der Waals surface area contributed by atoms with E-state index in [0.29, 0.717) is 5.75 Å². The van der Waals surface area contributed by atoms with Crippen molar-refractivity contribution >= 4 is 24.8 Å². The standard InChI is InChI=1S/C8H10O.2ClH.FH.Ti/c1-6-3-7(2)5-8(9)4-6;;;;/h3-5,9H,1-2H3;3*1H;/q;;;;+2/p-2. The minimum atomic E-state index is -1.71. The summed E-state index contributed by atoms with van der Waals surface area (Å²) in [7, 11) is 0. The largest absolute Gasteiger partial charge is 0.147 e. The summed E-state index contributed by atoms with van der Waals surface area (Å²) >= 11 is -1.71. The summed E-state index contributed by atoms with van der Waals surface area (Å²) in [6.45, 7) is 3.94. The van der Waals surface area contributed by atoms with Crippen LogP contribution in [0.15, 0.2) is 18.2 Å². The van der Waals surface area contributed by atoms with Crippen LogP contribution in [0.1, 0.15) is 11.1 Å². The molecule has 0 aliphatic heterocycles. The first-order chi connectivity index (χ1) is 5.22. The van der Waals surface area contributed by atoms with Crippen molar-refractivity contribution in [1.29, 1.82) is 0 Å². The van der Waals surface area contributed by atoms with E-state index in [0.717, 1.165) is 11.1 Å². The van der Waals surface area contributed by atoms with Gasteiger partial charge in [-0.05, 0) is 0 Å². The molecule has 0 heterocycles. The second-order valence-corrected chi connectivity index (χ2v) is 3.06. The topological polar surface area (TPSA) is 9.23 Å². The quantitative estimate of drug-likeness (QED) is 0.741. The molecular weight excluding hydrogens is 250 g/mol. The van der Waals surface area contributed by atoms with Crippen LogP contribution in [-0.4, -0.2) is 0 Å². The van der Waals surface area contributed by atoms with Crippen LogP contribution in [0, 0.1) is 13.8 Å². The molecule has 74 valence electrons. The molecule has 0 spiro atoms. The van der Waals surface area contributed by atoms with Crippen molar-refractivity contribution in [1.82, 2.24) is 0 Å². The van der Waals surface area contributed by atoms with E-state index in [1.807, 2.05) is 32.0 Å². The Bertz CT molecular complexity index is 238. The van der Waals surface area contributed by atoms with E-state index in [1.165, 1.54) is 0 Å². The second-order valence-electron chi connectivity index (χ2n) is 2.50. The smallest absolute Gasteiger partial charge is 0.147 e. The Labute approximate surface area is 100.0 Å². The zero-order valence-electron chi connectivity index (χ0n) is 7.33. The molecule has 0 radical (unpaired) electrons. The molecule has 0 aliphatic carbocycles. The van der Waals surface area contributed by atoms with Crippen molar-refractivity contribution in [3.8, 4) is 5.75 Å². The Morgan fingerprint density at radius 1 is 1.08 bits per heavy atom. The molecule has 0 fully saturated rings. The van der Waals surface area contributed by atoms with Gasteiger partial charge in [0, 0.05) is 0 Å². The van der Waals surface area contributed by atoms with Crippen LogP contribution < -0.4 is 3.32 Å².